The number of carbonyl (C=O) groups excluding carboxylic acids is 1. The Morgan fingerprint density at radius 1 is 1.29 bits per heavy atom. The second-order valence-electron chi connectivity index (χ2n) is 2.90. The van der Waals surface area contributed by atoms with Gasteiger partial charge in [0, 0.05) is 18.1 Å². The Hall–Kier alpha value is -1.65. The van der Waals surface area contributed by atoms with Gasteiger partial charge in [-0.05, 0) is 6.92 Å². The van der Waals surface area contributed by atoms with Crippen LogP contribution in [0.3, 0.4) is 0 Å². The number of ketones is 1. The molecule has 0 saturated carbocycles. The van der Waals surface area contributed by atoms with Crippen molar-refractivity contribution in [3.05, 3.63) is 23.3 Å². The molecule has 0 bridgehead atoms. The summed E-state index contributed by atoms with van der Waals surface area (Å²) in [5, 5.41) is 17.8. The molecule has 0 radical (unpaired) electrons. The number of Topliss-reactive ketones (excluding diaryl/α,β-unsaturated/α-hetero) is 1. The molecule has 0 aromatic heterocycles. The van der Waals surface area contributed by atoms with Gasteiger partial charge in [-0.15, -0.1) is 0 Å². The van der Waals surface area contributed by atoms with Gasteiger partial charge in [0.25, 0.3) is 0 Å². The van der Waals surface area contributed by atoms with Gasteiger partial charge in [0.2, 0.25) is 0 Å². The van der Waals surface area contributed by atoms with Crippen molar-refractivity contribution in [2.24, 2.45) is 0 Å². The summed E-state index contributed by atoms with van der Waals surface area (Å²) >= 11 is 0. The molecule has 1 aromatic rings. The second-order valence-corrected chi connectivity index (χ2v) is 2.90. The van der Waals surface area contributed by atoms with E-state index in [1.807, 2.05) is 0 Å². The maximum Gasteiger partial charge on any atom is 0.171 e. The van der Waals surface area contributed by atoms with Gasteiger partial charge in [-0.2, -0.15) is 0 Å². The molecule has 0 fully saturated rings. The Morgan fingerprint density at radius 3 is 2.07 bits per heavy atom. The number of hydrogen-bond donors (Lipinski definition) is 2. The first kappa shape index (κ1) is 10.4. The molecule has 76 valence electrons. The van der Waals surface area contributed by atoms with Crippen LogP contribution in [-0.2, 0) is 11.2 Å². The maximum absolute atomic E-state index is 13.0. The van der Waals surface area contributed by atoms with E-state index in [1.165, 1.54) is 0 Å². The van der Waals surface area contributed by atoms with Gasteiger partial charge in [0.05, 0.1) is 0 Å². The van der Waals surface area contributed by atoms with Crippen molar-refractivity contribution in [1.82, 2.24) is 0 Å². The molecular formula is C9H8F2O3. The van der Waals surface area contributed by atoms with Gasteiger partial charge in [-0.1, -0.05) is 0 Å². The fourth-order valence-electron chi connectivity index (χ4n) is 1.07. The van der Waals surface area contributed by atoms with Crippen LogP contribution < -0.4 is 0 Å². The molecule has 1 aromatic carbocycles. The molecule has 0 spiro atoms. The van der Waals surface area contributed by atoms with Crippen molar-refractivity contribution in [3.63, 3.8) is 0 Å². The van der Waals surface area contributed by atoms with Crippen LogP contribution in [0.1, 0.15) is 12.5 Å². The molecular weight excluding hydrogens is 194 g/mol. The van der Waals surface area contributed by atoms with Crippen LogP contribution in [-0.4, -0.2) is 16.0 Å². The first-order valence-electron chi connectivity index (χ1n) is 3.81. The molecule has 5 heteroatoms. The first-order valence-corrected chi connectivity index (χ1v) is 3.81. The Balaban J connectivity index is 3.31. The summed E-state index contributed by atoms with van der Waals surface area (Å²) in [5.41, 5.74) is -0.616. The summed E-state index contributed by atoms with van der Waals surface area (Å²) in [7, 11) is 0. The van der Waals surface area contributed by atoms with Crippen molar-refractivity contribution in [3.8, 4) is 11.5 Å². The summed E-state index contributed by atoms with van der Waals surface area (Å²) in [6.07, 6.45) is -0.500. The highest BCUT2D eigenvalue weighted by Gasteiger charge is 2.18. The van der Waals surface area contributed by atoms with E-state index in [1.54, 1.807) is 0 Å². The van der Waals surface area contributed by atoms with Crippen molar-refractivity contribution < 1.29 is 23.8 Å². The number of halogens is 2. The van der Waals surface area contributed by atoms with Crippen LogP contribution in [0.4, 0.5) is 8.78 Å². The minimum atomic E-state index is -1.21. The average molecular weight is 202 g/mol. The lowest BCUT2D eigenvalue weighted by Crippen LogP contribution is -2.03. The summed E-state index contributed by atoms with van der Waals surface area (Å²) in [6.45, 7) is 1.15. The molecule has 1 rings (SSSR count). The van der Waals surface area contributed by atoms with Gasteiger partial charge in [-0.25, -0.2) is 8.78 Å². The fourth-order valence-corrected chi connectivity index (χ4v) is 1.07. The molecule has 0 amide bonds. The van der Waals surface area contributed by atoms with Crippen LogP contribution in [0.5, 0.6) is 11.5 Å². The summed E-state index contributed by atoms with van der Waals surface area (Å²) < 4.78 is 26.1. The van der Waals surface area contributed by atoms with Gasteiger partial charge in [-0.3, -0.25) is 4.79 Å². The molecule has 0 aliphatic carbocycles. The Morgan fingerprint density at radius 2 is 1.71 bits per heavy atom. The summed E-state index contributed by atoms with van der Waals surface area (Å²) in [5.74, 6) is -4.64. The van der Waals surface area contributed by atoms with E-state index >= 15 is 0 Å². The van der Waals surface area contributed by atoms with Crippen LogP contribution in [0.15, 0.2) is 6.07 Å². The Bertz CT molecular complexity index is 362. The lowest BCUT2D eigenvalue weighted by molar-refractivity contribution is -0.116. The maximum atomic E-state index is 13.0. The van der Waals surface area contributed by atoms with Crippen molar-refractivity contribution >= 4 is 5.78 Å². The quantitative estimate of drug-likeness (QED) is 0.764. The van der Waals surface area contributed by atoms with Crippen molar-refractivity contribution in [2.75, 3.05) is 0 Å². The van der Waals surface area contributed by atoms with E-state index in [4.69, 9.17) is 10.2 Å². The molecule has 0 unspecified atom stereocenters. The summed E-state index contributed by atoms with van der Waals surface area (Å²) in [4.78, 5) is 10.6. The van der Waals surface area contributed by atoms with E-state index in [9.17, 15) is 13.6 Å². The second kappa shape index (κ2) is 3.61. The zero-order valence-corrected chi connectivity index (χ0v) is 7.34. The number of rotatable bonds is 2. The fraction of sp³-hybridized carbons (Fsp3) is 0.222. The zero-order chi connectivity index (χ0) is 10.9. The highest BCUT2D eigenvalue weighted by Crippen LogP contribution is 2.29. The van der Waals surface area contributed by atoms with E-state index in [-0.39, 0.29) is 0 Å². The highest BCUT2D eigenvalue weighted by molar-refractivity contribution is 5.78. The number of phenolic OH excluding ortho intramolecular Hbond substituents is 2. The van der Waals surface area contributed by atoms with Crippen LogP contribution in [0, 0.1) is 11.6 Å². The molecule has 0 aliphatic rings. The minimum absolute atomic E-state index is 0.465. The van der Waals surface area contributed by atoms with Crippen LogP contribution >= 0.6 is 0 Å². The third kappa shape index (κ3) is 1.81. The molecule has 0 aliphatic heterocycles. The van der Waals surface area contributed by atoms with E-state index in [2.05, 4.69) is 0 Å². The average Bonchev–Trinajstić information content (AvgIpc) is 2.09. The monoisotopic (exact) mass is 202 g/mol. The van der Waals surface area contributed by atoms with Crippen LogP contribution in [0.2, 0.25) is 0 Å². The predicted octanol–water partition coefficient (Wildman–Crippen LogP) is 1.51. The SMILES string of the molecule is CC(=O)Cc1c(F)c(O)cc(O)c1F. The summed E-state index contributed by atoms with van der Waals surface area (Å²) in [6, 6.07) is 0.550. The zero-order valence-electron chi connectivity index (χ0n) is 7.34. The van der Waals surface area contributed by atoms with Gasteiger partial charge >= 0.3 is 0 Å². The lowest BCUT2D eigenvalue weighted by atomic mass is 10.1. The van der Waals surface area contributed by atoms with Crippen LogP contribution in [0.25, 0.3) is 0 Å². The lowest BCUT2D eigenvalue weighted by Gasteiger charge is -2.06. The molecule has 3 nitrogen and oxygen atoms in total. The molecule has 2 N–H and O–H groups in total. The molecule has 0 atom stereocenters. The number of phenols is 2. The topological polar surface area (TPSA) is 57.5 Å². The van der Waals surface area contributed by atoms with E-state index in [0.717, 1.165) is 6.92 Å². The normalized spacial score (nSPS) is 10.2. The largest absolute Gasteiger partial charge is 0.505 e. The molecule has 14 heavy (non-hydrogen) atoms. The molecule has 0 heterocycles. The third-order valence-corrected chi connectivity index (χ3v) is 1.68. The van der Waals surface area contributed by atoms with Gasteiger partial charge < -0.3 is 10.2 Å². The third-order valence-electron chi connectivity index (χ3n) is 1.68. The van der Waals surface area contributed by atoms with Gasteiger partial charge in [0.1, 0.15) is 5.78 Å². The van der Waals surface area contributed by atoms with Gasteiger partial charge in [0.15, 0.2) is 23.1 Å². The number of carbonyl (C=O) groups is 1. The van der Waals surface area contributed by atoms with E-state index < -0.39 is 40.9 Å². The number of benzene rings is 1. The minimum Gasteiger partial charge on any atom is -0.505 e. The highest BCUT2D eigenvalue weighted by atomic mass is 19.1. The Labute approximate surface area is 78.6 Å². The van der Waals surface area contributed by atoms with Crippen molar-refractivity contribution in [2.45, 2.75) is 13.3 Å². The molecule has 0 saturated heterocycles. The number of hydrogen-bond acceptors (Lipinski definition) is 3. The van der Waals surface area contributed by atoms with E-state index in [0.29, 0.717) is 6.07 Å². The predicted molar refractivity (Wildman–Crippen MR) is 44.1 cm³/mol. The smallest absolute Gasteiger partial charge is 0.171 e. The van der Waals surface area contributed by atoms with Crippen molar-refractivity contribution in [1.29, 1.82) is 0 Å². The Kier molecular flexibility index (Phi) is 2.69. The first-order chi connectivity index (χ1) is 6.43. The standard InChI is InChI=1S/C9H8F2O3/c1-4(12)2-5-8(10)6(13)3-7(14)9(5)11/h3,13-14H,2H2,1H3. The number of aromatic hydroxyl groups is 2.